The summed E-state index contributed by atoms with van der Waals surface area (Å²) in [5.74, 6) is 1.06. The average molecular weight is 306 g/mol. The van der Waals surface area contributed by atoms with Gasteiger partial charge < -0.3 is 5.32 Å². The molecule has 5 heteroatoms. The lowest BCUT2D eigenvalue weighted by Gasteiger charge is -2.19. The molecule has 4 nitrogen and oxygen atoms in total. The fraction of sp³-hybridized carbons (Fsp3) is 0.625. The first-order valence-corrected chi connectivity index (χ1v) is 8.73. The maximum Gasteiger partial charge on any atom is 0.138 e. The van der Waals surface area contributed by atoms with Crippen molar-refractivity contribution in [3.63, 3.8) is 0 Å². The highest BCUT2D eigenvalue weighted by Crippen LogP contribution is 2.28. The minimum Gasteiger partial charge on any atom is -0.309 e. The molecular formula is C16H26N4S. The van der Waals surface area contributed by atoms with Gasteiger partial charge in [0.2, 0.25) is 0 Å². The number of hydrogen-bond acceptors (Lipinski definition) is 4. The van der Waals surface area contributed by atoms with E-state index in [4.69, 9.17) is 0 Å². The molecule has 0 spiro atoms. The summed E-state index contributed by atoms with van der Waals surface area (Å²) in [4.78, 5) is 5.92. The van der Waals surface area contributed by atoms with Gasteiger partial charge in [-0.05, 0) is 50.2 Å². The van der Waals surface area contributed by atoms with Gasteiger partial charge in [-0.15, -0.1) is 11.3 Å². The topological polar surface area (TPSA) is 42.7 Å². The van der Waals surface area contributed by atoms with Crippen molar-refractivity contribution in [1.29, 1.82) is 0 Å². The molecule has 1 unspecified atom stereocenters. The molecule has 0 fully saturated rings. The van der Waals surface area contributed by atoms with Crippen molar-refractivity contribution in [2.45, 2.75) is 59.0 Å². The van der Waals surface area contributed by atoms with E-state index in [9.17, 15) is 0 Å². The lowest BCUT2D eigenvalue weighted by Crippen LogP contribution is -2.25. The van der Waals surface area contributed by atoms with Crippen molar-refractivity contribution < 1.29 is 0 Å². The van der Waals surface area contributed by atoms with Crippen molar-refractivity contribution in [1.82, 2.24) is 20.1 Å². The predicted octanol–water partition coefficient (Wildman–Crippen LogP) is 3.77. The Morgan fingerprint density at radius 3 is 2.81 bits per heavy atom. The molecule has 0 aliphatic carbocycles. The highest BCUT2D eigenvalue weighted by Gasteiger charge is 2.19. The van der Waals surface area contributed by atoms with Crippen LogP contribution in [0.4, 0.5) is 0 Å². The van der Waals surface area contributed by atoms with Gasteiger partial charge in [0.1, 0.15) is 12.2 Å². The van der Waals surface area contributed by atoms with Gasteiger partial charge in [0.15, 0.2) is 0 Å². The minimum absolute atomic E-state index is 0.335. The van der Waals surface area contributed by atoms with Gasteiger partial charge in [-0.25, -0.2) is 9.67 Å². The van der Waals surface area contributed by atoms with Crippen LogP contribution in [0.15, 0.2) is 17.8 Å². The lowest BCUT2D eigenvalue weighted by molar-refractivity contribution is 0.465. The standard InChI is InChI=1S/C16H26N4S/c1-5-8-17-14(16-13(6-2)7-9-21-16)10-15-18-11-19-20(15)12(3)4/h7,9,11-12,14,17H,5-6,8,10H2,1-4H3. The van der Waals surface area contributed by atoms with Crippen LogP contribution in [-0.2, 0) is 12.8 Å². The summed E-state index contributed by atoms with van der Waals surface area (Å²) in [6.45, 7) is 9.75. The second-order valence-corrected chi connectivity index (χ2v) is 6.54. The molecule has 2 aromatic heterocycles. The summed E-state index contributed by atoms with van der Waals surface area (Å²) in [7, 11) is 0. The summed E-state index contributed by atoms with van der Waals surface area (Å²) < 4.78 is 2.03. The van der Waals surface area contributed by atoms with Crippen molar-refractivity contribution in [2.75, 3.05) is 6.54 Å². The summed E-state index contributed by atoms with van der Waals surface area (Å²) in [6, 6.07) is 2.93. The van der Waals surface area contributed by atoms with Crippen LogP contribution in [-0.4, -0.2) is 21.3 Å². The van der Waals surface area contributed by atoms with E-state index in [0.29, 0.717) is 12.1 Å². The molecule has 0 saturated carbocycles. The molecule has 2 heterocycles. The maximum absolute atomic E-state index is 4.47. The van der Waals surface area contributed by atoms with E-state index < -0.39 is 0 Å². The number of aromatic nitrogens is 3. The zero-order valence-electron chi connectivity index (χ0n) is 13.5. The number of hydrogen-bond donors (Lipinski definition) is 1. The van der Waals surface area contributed by atoms with Gasteiger partial charge in [0, 0.05) is 23.4 Å². The average Bonchev–Trinajstić information content (AvgIpc) is 3.11. The smallest absolute Gasteiger partial charge is 0.138 e. The molecule has 116 valence electrons. The second kappa shape index (κ2) is 7.71. The van der Waals surface area contributed by atoms with E-state index in [1.54, 1.807) is 6.33 Å². The molecule has 21 heavy (non-hydrogen) atoms. The Hall–Kier alpha value is -1.20. The lowest BCUT2D eigenvalue weighted by atomic mass is 10.1. The van der Waals surface area contributed by atoms with Gasteiger partial charge in [-0.2, -0.15) is 5.10 Å². The van der Waals surface area contributed by atoms with Gasteiger partial charge in [0.05, 0.1) is 0 Å². The quantitative estimate of drug-likeness (QED) is 0.807. The Balaban J connectivity index is 2.22. The highest BCUT2D eigenvalue weighted by molar-refractivity contribution is 7.10. The third-order valence-corrected chi connectivity index (χ3v) is 4.71. The predicted molar refractivity (Wildman–Crippen MR) is 88.8 cm³/mol. The molecule has 0 saturated heterocycles. The fourth-order valence-corrected chi connectivity index (χ4v) is 3.63. The van der Waals surface area contributed by atoms with Crippen molar-refractivity contribution >= 4 is 11.3 Å². The van der Waals surface area contributed by atoms with Gasteiger partial charge in [-0.1, -0.05) is 13.8 Å². The Kier molecular flexibility index (Phi) is 5.94. The SMILES string of the molecule is CCCNC(Cc1ncnn1C(C)C)c1sccc1CC. The van der Waals surface area contributed by atoms with Crippen LogP contribution >= 0.6 is 11.3 Å². The maximum atomic E-state index is 4.47. The molecule has 0 bridgehead atoms. The fourth-order valence-electron chi connectivity index (χ4n) is 2.56. The van der Waals surface area contributed by atoms with Gasteiger partial charge in [-0.3, -0.25) is 0 Å². The van der Waals surface area contributed by atoms with Gasteiger partial charge >= 0.3 is 0 Å². The number of nitrogens with one attached hydrogen (secondary N) is 1. The zero-order chi connectivity index (χ0) is 15.2. The molecule has 2 rings (SSSR count). The Morgan fingerprint density at radius 1 is 1.33 bits per heavy atom. The second-order valence-electron chi connectivity index (χ2n) is 5.59. The largest absolute Gasteiger partial charge is 0.309 e. The van der Waals surface area contributed by atoms with Crippen LogP contribution < -0.4 is 5.32 Å². The molecule has 1 N–H and O–H groups in total. The Morgan fingerprint density at radius 2 is 2.14 bits per heavy atom. The Labute approximate surface area is 131 Å². The summed E-state index contributed by atoms with van der Waals surface area (Å²) in [5.41, 5.74) is 1.45. The summed E-state index contributed by atoms with van der Waals surface area (Å²) >= 11 is 1.85. The third kappa shape index (κ3) is 3.92. The molecule has 0 aliphatic heterocycles. The van der Waals surface area contributed by atoms with E-state index in [1.165, 1.54) is 10.4 Å². The monoisotopic (exact) mass is 306 g/mol. The molecule has 0 aliphatic rings. The first kappa shape index (κ1) is 16.2. The first-order chi connectivity index (χ1) is 10.2. The van der Waals surface area contributed by atoms with E-state index in [1.807, 2.05) is 16.0 Å². The highest BCUT2D eigenvalue weighted by atomic mass is 32.1. The third-order valence-electron chi connectivity index (χ3n) is 3.64. The van der Waals surface area contributed by atoms with Crippen LogP contribution in [0.5, 0.6) is 0 Å². The number of aryl methyl sites for hydroxylation is 1. The van der Waals surface area contributed by atoms with Crippen LogP contribution in [0.2, 0.25) is 0 Å². The van der Waals surface area contributed by atoms with Crippen molar-refractivity contribution in [3.05, 3.63) is 34.0 Å². The van der Waals surface area contributed by atoms with Crippen molar-refractivity contribution in [2.24, 2.45) is 0 Å². The Bertz CT molecular complexity index is 544. The minimum atomic E-state index is 0.335. The molecule has 1 atom stereocenters. The zero-order valence-corrected chi connectivity index (χ0v) is 14.3. The number of thiophene rings is 1. The number of nitrogens with zero attached hydrogens (tertiary/aromatic N) is 3. The van der Waals surface area contributed by atoms with Crippen LogP contribution in [0.1, 0.15) is 62.5 Å². The van der Waals surface area contributed by atoms with E-state index in [0.717, 1.165) is 31.6 Å². The van der Waals surface area contributed by atoms with Crippen molar-refractivity contribution in [3.8, 4) is 0 Å². The van der Waals surface area contributed by atoms with E-state index in [-0.39, 0.29) is 0 Å². The van der Waals surface area contributed by atoms with Crippen LogP contribution in [0, 0.1) is 0 Å². The van der Waals surface area contributed by atoms with Crippen LogP contribution in [0.25, 0.3) is 0 Å². The van der Waals surface area contributed by atoms with Crippen LogP contribution in [0.3, 0.4) is 0 Å². The normalized spacial score (nSPS) is 13.0. The molecule has 0 aromatic carbocycles. The molecular weight excluding hydrogens is 280 g/mol. The number of rotatable bonds is 8. The van der Waals surface area contributed by atoms with E-state index >= 15 is 0 Å². The summed E-state index contributed by atoms with van der Waals surface area (Å²) in [6.07, 6.45) is 4.78. The first-order valence-electron chi connectivity index (χ1n) is 7.85. The molecule has 2 aromatic rings. The van der Waals surface area contributed by atoms with Gasteiger partial charge in [0.25, 0.3) is 0 Å². The van der Waals surface area contributed by atoms with E-state index in [2.05, 4.69) is 54.5 Å². The summed E-state index contributed by atoms with van der Waals surface area (Å²) in [5, 5.41) is 10.2. The molecule has 0 radical (unpaired) electrons. The molecule has 0 amide bonds.